The summed E-state index contributed by atoms with van der Waals surface area (Å²) in [6, 6.07) is 13.3. The smallest absolute Gasteiger partial charge is 0.243 e. The molecule has 3 rings (SSSR count). The van der Waals surface area contributed by atoms with Gasteiger partial charge in [-0.3, -0.25) is 4.79 Å². The lowest BCUT2D eigenvalue weighted by atomic mass is 9.96. The van der Waals surface area contributed by atoms with Gasteiger partial charge < -0.3 is 5.32 Å². The van der Waals surface area contributed by atoms with Crippen molar-refractivity contribution in [1.29, 1.82) is 0 Å². The van der Waals surface area contributed by atoms with Gasteiger partial charge in [-0.25, -0.2) is 8.42 Å². The highest BCUT2D eigenvalue weighted by Gasteiger charge is 2.32. The fraction of sp³-hybridized carbons (Fsp3) is 0.350. The zero-order chi connectivity index (χ0) is 20.3. The van der Waals surface area contributed by atoms with Crippen LogP contribution in [0.3, 0.4) is 0 Å². The maximum Gasteiger partial charge on any atom is 0.243 e. The number of nitrogens with one attached hydrogen (secondary N) is 1. The van der Waals surface area contributed by atoms with Crippen molar-refractivity contribution in [2.45, 2.75) is 30.7 Å². The summed E-state index contributed by atoms with van der Waals surface area (Å²) < 4.78 is 26.9. The summed E-state index contributed by atoms with van der Waals surface area (Å²) in [4.78, 5) is 12.8. The van der Waals surface area contributed by atoms with Crippen LogP contribution in [0, 0.1) is 5.92 Å². The Morgan fingerprint density at radius 2 is 1.50 bits per heavy atom. The average molecular weight is 441 g/mol. The number of sulfonamides is 1. The van der Waals surface area contributed by atoms with Crippen LogP contribution in [0.15, 0.2) is 53.4 Å². The molecule has 5 nitrogen and oxygen atoms in total. The summed E-state index contributed by atoms with van der Waals surface area (Å²) in [5.74, 6) is -0.252. The summed E-state index contributed by atoms with van der Waals surface area (Å²) >= 11 is 11.7. The molecule has 0 saturated carbocycles. The molecule has 1 aliphatic rings. The third kappa shape index (κ3) is 4.87. The maximum atomic E-state index is 12.7. The molecule has 0 aromatic heterocycles. The summed E-state index contributed by atoms with van der Waals surface area (Å²) in [6.07, 6.45) is 0.984. The van der Waals surface area contributed by atoms with Crippen LogP contribution in [0.5, 0.6) is 0 Å². The Balaban J connectivity index is 1.57. The Bertz CT molecular complexity index is 923. The van der Waals surface area contributed by atoms with Gasteiger partial charge in [0.15, 0.2) is 0 Å². The van der Waals surface area contributed by atoms with E-state index < -0.39 is 10.0 Å². The first kappa shape index (κ1) is 21.1. The van der Waals surface area contributed by atoms with Crippen molar-refractivity contribution in [3.8, 4) is 0 Å². The van der Waals surface area contributed by atoms with Crippen molar-refractivity contribution in [3.05, 3.63) is 64.1 Å². The SMILES string of the molecule is C[C@H](NC(=O)C1CCN(S(=O)(=O)c2ccc(Cl)cc2)CC1)c1ccc(Cl)cc1. The zero-order valence-corrected chi connectivity index (χ0v) is 17.8. The molecule has 0 spiro atoms. The molecular formula is C20H22Cl2N2O3S. The number of carbonyl (C=O) groups excluding carboxylic acids is 1. The molecule has 1 saturated heterocycles. The van der Waals surface area contributed by atoms with E-state index in [1.807, 2.05) is 19.1 Å². The molecule has 2 aromatic carbocycles. The van der Waals surface area contributed by atoms with Gasteiger partial charge in [-0.05, 0) is 61.7 Å². The molecule has 1 aliphatic heterocycles. The lowest BCUT2D eigenvalue weighted by Gasteiger charge is -2.31. The number of piperidine rings is 1. The lowest BCUT2D eigenvalue weighted by molar-refractivity contribution is -0.126. The Hall–Kier alpha value is -1.60. The summed E-state index contributed by atoms with van der Waals surface area (Å²) in [7, 11) is -3.57. The Kier molecular flexibility index (Phi) is 6.65. The number of rotatable bonds is 5. The molecule has 0 unspecified atom stereocenters. The minimum absolute atomic E-state index is 0.0500. The van der Waals surface area contributed by atoms with Crippen molar-refractivity contribution in [2.75, 3.05) is 13.1 Å². The van der Waals surface area contributed by atoms with Crippen LogP contribution in [-0.4, -0.2) is 31.7 Å². The molecule has 8 heteroatoms. The van der Waals surface area contributed by atoms with Crippen molar-refractivity contribution in [1.82, 2.24) is 9.62 Å². The number of carbonyl (C=O) groups is 1. The first-order valence-corrected chi connectivity index (χ1v) is 11.3. The predicted octanol–water partition coefficient (Wildman–Crippen LogP) is 4.27. The van der Waals surface area contributed by atoms with Gasteiger partial charge in [0.05, 0.1) is 10.9 Å². The van der Waals surface area contributed by atoms with E-state index in [-0.39, 0.29) is 22.8 Å². The summed E-state index contributed by atoms with van der Waals surface area (Å²) in [5, 5.41) is 4.15. The average Bonchev–Trinajstić information content (AvgIpc) is 2.69. The Morgan fingerprint density at radius 1 is 1.00 bits per heavy atom. The van der Waals surface area contributed by atoms with E-state index in [0.717, 1.165) is 5.56 Å². The van der Waals surface area contributed by atoms with E-state index in [0.29, 0.717) is 36.0 Å². The second kappa shape index (κ2) is 8.82. The van der Waals surface area contributed by atoms with Crippen molar-refractivity contribution < 1.29 is 13.2 Å². The van der Waals surface area contributed by atoms with Crippen LogP contribution in [0.25, 0.3) is 0 Å². The molecule has 0 bridgehead atoms. The number of hydrogen-bond acceptors (Lipinski definition) is 3. The molecule has 0 aliphatic carbocycles. The van der Waals surface area contributed by atoms with Crippen molar-refractivity contribution in [2.24, 2.45) is 5.92 Å². The van der Waals surface area contributed by atoms with E-state index in [4.69, 9.17) is 23.2 Å². The van der Waals surface area contributed by atoms with Gasteiger partial charge in [-0.2, -0.15) is 4.31 Å². The standard InChI is InChI=1S/C20H22Cl2N2O3S/c1-14(15-2-4-17(21)5-3-15)23-20(25)16-10-12-24(13-11-16)28(26,27)19-8-6-18(22)7-9-19/h2-9,14,16H,10-13H2,1H3,(H,23,25)/t14-/m0/s1. The highest BCUT2D eigenvalue weighted by atomic mass is 35.5. The van der Waals surface area contributed by atoms with Gasteiger partial charge in [-0.1, -0.05) is 35.3 Å². The van der Waals surface area contributed by atoms with E-state index in [9.17, 15) is 13.2 Å². The topological polar surface area (TPSA) is 66.5 Å². The number of halogens is 2. The zero-order valence-electron chi connectivity index (χ0n) is 15.4. The monoisotopic (exact) mass is 440 g/mol. The van der Waals surface area contributed by atoms with Crippen molar-refractivity contribution in [3.63, 3.8) is 0 Å². The highest BCUT2D eigenvalue weighted by molar-refractivity contribution is 7.89. The lowest BCUT2D eigenvalue weighted by Crippen LogP contribution is -2.43. The van der Waals surface area contributed by atoms with E-state index in [1.54, 1.807) is 24.3 Å². The quantitative estimate of drug-likeness (QED) is 0.754. The normalized spacial score (nSPS) is 17.2. The fourth-order valence-corrected chi connectivity index (χ4v) is 5.00. The first-order chi connectivity index (χ1) is 13.3. The minimum atomic E-state index is -3.57. The van der Waals surface area contributed by atoms with E-state index >= 15 is 0 Å². The van der Waals surface area contributed by atoms with Gasteiger partial charge in [0.25, 0.3) is 0 Å². The Labute approximate surface area is 175 Å². The molecule has 0 radical (unpaired) electrons. The molecule has 150 valence electrons. The predicted molar refractivity (Wildman–Crippen MR) is 111 cm³/mol. The van der Waals surface area contributed by atoms with Gasteiger partial charge in [0, 0.05) is 29.1 Å². The van der Waals surface area contributed by atoms with Crippen LogP contribution >= 0.6 is 23.2 Å². The molecule has 1 amide bonds. The summed E-state index contributed by atoms with van der Waals surface area (Å²) in [5.41, 5.74) is 0.973. The summed E-state index contributed by atoms with van der Waals surface area (Å²) in [6.45, 7) is 2.55. The molecule has 2 aromatic rings. The molecule has 1 atom stereocenters. The molecule has 1 heterocycles. The number of nitrogens with zero attached hydrogens (tertiary/aromatic N) is 1. The molecule has 1 fully saturated rings. The Morgan fingerprint density at radius 3 is 2.04 bits per heavy atom. The second-order valence-electron chi connectivity index (χ2n) is 6.91. The van der Waals surface area contributed by atoms with Crippen LogP contribution in [0.1, 0.15) is 31.4 Å². The van der Waals surface area contributed by atoms with E-state index in [2.05, 4.69) is 5.32 Å². The largest absolute Gasteiger partial charge is 0.349 e. The van der Waals surface area contributed by atoms with Crippen LogP contribution in [-0.2, 0) is 14.8 Å². The third-order valence-corrected chi connectivity index (χ3v) is 7.42. The van der Waals surface area contributed by atoms with Crippen LogP contribution in [0.4, 0.5) is 0 Å². The van der Waals surface area contributed by atoms with Crippen molar-refractivity contribution >= 4 is 39.1 Å². The number of hydrogen-bond donors (Lipinski definition) is 1. The molecular weight excluding hydrogens is 419 g/mol. The number of benzene rings is 2. The minimum Gasteiger partial charge on any atom is -0.349 e. The molecule has 28 heavy (non-hydrogen) atoms. The first-order valence-electron chi connectivity index (χ1n) is 9.09. The maximum absolute atomic E-state index is 12.7. The van der Waals surface area contributed by atoms with Gasteiger partial charge in [-0.15, -0.1) is 0 Å². The van der Waals surface area contributed by atoms with Crippen LogP contribution < -0.4 is 5.32 Å². The highest BCUT2D eigenvalue weighted by Crippen LogP contribution is 2.25. The fourth-order valence-electron chi connectivity index (χ4n) is 3.28. The third-order valence-electron chi connectivity index (χ3n) is 5.00. The van der Waals surface area contributed by atoms with Gasteiger partial charge >= 0.3 is 0 Å². The molecule has 1 N–H and O–H groups in total. The van der Waals surface area contributed by atoms with Gasteiger partial charge in [0.1, 0.15) is 0 Å². The van der Waals surface area contributed by atoms with E-state index in [1.165, 1.54) is 16.4 Å². The second-order valence-corrected chi connectivity index (χ2v) is 9.72. The number of amides is 1. The van der Waals surface area contributed by atoms with Gasteiger partial charge in [0.2, 0.25) is 15.9 Å². The van der Waals surface area contributed by atoms with Crippen LogP contribution in [0.2, 0.25) is 10.0 Å².